The van der Waals surface area contributed by atoms with E-state index in [-0.39, 0.29) is 23.8 Å². The van der Waals surface area contributed by atoms with E-state index in [9.17, 15) is 8.78 Å². The molecule has 4 nitrogen and oxygen atoms in total. The van der Waals surface area contributed by atoms with E-state index in [1.165, 1.54) is 30.3 Å². The number of nitrogens with zero attached hydrogens (tertiary/aromatic N) is 1. The smallest absolute Gasteiger partial charge is 0.170 e. The van der Waals surface area contributed by atoms with Crippen molar-refractivity contribution in [1.29, 1.82) is 0 Å². The lowest BCUT2D eigenvalue weighted by atomic mass is 10.2. The molecule has 0 heterocycles. The van der Waals surface area contributed by atoms with Gasteiger partial charge in [0.15, 0.2) is 17.4 Å². The fourth-order valence-electron chi connectivity index (χ4n) is 1.64. The first-order valence-corrected chi connectivity index (χ1v) is 6.23. The Hall–Kier alpha value is -2.34. The van der Waals surface area contributed by atoms with E-state index in [0.29, 0.717) is 10.6 Å². The minimum absolute atomic E-state index is 0.0511. The lowest BCUT2D eigenvalue weighted by molar-refractivity contribution is 0.290. The molecule has 21 heavy (non-hydrogen) atoms. The van der Waals surface area contributed by atoms with Crippen molar-refractivity contribution in [2.45, 2.75) is 6.61 Å². The van der Waals surface area contributed by atoms with Crippen molar-refractivity contribution in [3.63, 3.8) is 0 Å². The number of benzene rings is 2. The Kier molecular flexibility index (Phi) is 4.59. The molecular weight excluding hydrogens is 302 g/mol. The number of ether oxygens (including phenoxy) is 1. The summed E-state index contributed by atoms with van der Waals surface area (Å²) in [4.78, 5) is 0. The van der Waals surface area contributed by atoms with E-state index in [1.54, 1.807) is 0 Å². The van der Waals surface area contributed by atoms with Gasteiger partial charge in [0.05, 0.1) is 0 Å². The minimum Gasteiger partial charge on any atom is -0.486 e. The van der Waals surface area contributed by atoms with Crippen LogP contribution in [0.4, 0.5) is 8.78 Å². The number of amidine groups is 1. The number of hydrogen-bond acceptors (Lipinski definition) is 3. The largest absolute Gasteiger partial charge is 0.486 e. The van der Waals surface area contributed by atoms with Crippen molar-refractivity contribution in [2.24, 2.45) is 10.9 Å². The molecule has 0 bridgehead atoms. The van der Waals surface area contributed by atoms with Gasteiger partial charge < -0.3 is 15.7 Å². The maximum atomic E-state index is 13.8. The van der Waals surface area contributed by atoms with E-state index < -0.39 is 11.6 Å². The summed E-state index contributed by atoms with van der Waals surface area (Å²) in [7, 11) is 0. The first-order chi connectivity index (χ1) is 10.0. The van der Waals surface area contributed by atoms with Gasteiger partial charge in [0.1, 0.15) is 12.4 Å². The average Bonchev–Trinajstić information content (AvgIpc) is 2.48. The molecular formula is C14H11ClF2N2O2. The number of nitrogens with two attached hydrogens (primary N) is 1. The van der Waals surface area contributed by atoms with E-state index in [1.807, 2.05) is 0 Å². The quantitative estimate of drug-likeness (QED) is 0.394. The number of oxime groups is 1. The average molecular weight is 313 g/mol. The van der Waals surface area contributed by atoms with Gasteiger partial charge in [-0.1, -0.05) is 16.8 Å². The summed E-state index contributed by atoms with van der Waals surface area (Å²) in [5.74, 6) is -1.41. The lowest BCUT2D eigenvalue weighted by Gasteiger charge is -2.09. The molecule has 2 aromatic rings. The number of hydrogen-bond donors (Lipinski definition) is 2. The third-order valence-corrected chi connectivity index (χ3v) is 3.10. The zero-order valence-corrected chi connectivity index (χ0v) is 11.4. The number of halogens is 3. The molecule has 0 saturated carbocycles. The Labute approximate surface area is 124 Å². The van der Waals surface area contributed by atoms with Crippen molar-refractivity contribution in [3.05, 3.63) is 64.2 Å². The van der Waals surface area contributed by atoms with Crippen LogP contribution in [0.3, 0.4) is 0 Å². The van der Waals surface area contributed by atoms with Gasteiger partial charge in [-0.05, 0) is 36.4 Å². The molecule has 0 aliphatic heterocycles. The summed E-state index contributed by atoms with van der Waals surface area (Å²) in [6.45, 7) is -0.0869. The molecule has 0 aliphatic carbocycles. The molecule has 3 N–H and O–H groups in total. The van der Waals surface area contributed by atoms with Crippen LogP contribution in [0.15, 0.2) is 41.6 Å². The van der Waals surface area contributed by atoms with Crippen molar-refractivity contribution in [1.82, 2.24) is 0 Å². The van der Waals surface area contributed by atoms with Crippen LogP contribution in [0.1, 0.15) is 11.1 Å². The highest BCUT2D eigenvalue weighted by Crippen LogP contribution is 2.22. The standard InChI is InChI=1S/C14H11ClF2N2O2/c15-11-3-2-10(16)5-9(11)7-21-13-4-1-8(6-12(13)17)14(18)19-20/h1-6,20H,7H2,(H2,18,19). The van der Waals surface area contributed by atoms with Crippen LogP contribution in [-0.4, -0.2) is 11.0 Å². The molecule has 0 amide bonds. The molecule has 0 unspecified atom stereocenters. The lowest BCUT2D eigenvalue weighted by Crippen LogP contribution is -2.13. The molecule has 7 heteroatoms. The maximum absolute atomic E-state index is 13.8. The van der Waals surface area contributed by atoms with Crippen molar-refractivity contribution >= 4 is 17.4 Å². The molecule has 2 rings (SSSR count). The second-order valence-corrected chi connectivity index (χ2v) is 4.56. The summed E-state index contributed by atoms with van der Waals surface area (Å²) in [5, 5.41) is 11.6. The minimum atomic E-state index is -0.688. The third kappa shape index (κ3) is 3.61. The van der Waals surface area contributed by atoms with Crippen molar-refractivity contribution in [3.8, 4) is 5.75 Å². The first kappa shape index (κ1) is 15.1. The van der Waals surface area contributed by atoms with Gasteiger partial charge in [0.25, 0.3) is 0 Å². The fourth-order valence-corrected chi connectivity index (χ4v) is 1.82. The molecule has 0 atom stereocenters. The van der Waals surface area contributed by atoms with Gasteiger partial charge in [0, 0.05) is 16.1 Å². The zero-order valence-electron chi connectivity index (χ0n) is 10.7. The van der Waals surface area contributed by atoms with Gasteiger partial charge in [-0.25, -0.2) is 8.78 Å². The Morgan fingerprint density at radius 1 is 1.24 bits per heavy atom. The monoisotopic (exact) mass is 312 g/mol. The summed E-state index contributed by atoms with van der Waals surface area (Å²) >= 11 is 5.89. The Balaban J connectivity index is 2.15. The predicted molar refractivity (Wildman–Crippen MR) is 74.7 cm³/mol. The highest BCUT2D eigenvalue weighted by Gasteiger charge is 2.09. The van der Waals surface area contributed by atoms with Crippen LogP contribution in [0, 0.1) is 11.6 Å². The van der Waals surface area contributed by atoms with E-state index >= 15 is 0 Å². The molecule has 0 fully saturated rings. The number of rotatable bonds is 4. The van der Waals surface area contributed by atoms with Crippen LogP contribution in [0.2, 0.25) is 5.02 Å². The topological polar surface area (TPSA) is 67.8 Å². The molecule has 2 aromatic carbocycles. The molecule has 110 valence electrons. The molecule has 0 spiro atoms. The van der Waals surface area contributed by atoms with Crippen LogP contribution in [0.25, 0.3) is 0 Å². The van der Waals surface area contributed by atoms with Crippen LogP contribution in [-0.2, 0) is 6.61 Å². The Bertz CT molecular complexity index is 693. The highest BCUT2D eigenvalue weighted by atomic mass is 35.5. The summed E-state index contributed by atoms with van der Waals surface area (Å²) in [6.07, 6.45) is 0. The third-order valence-electron chi connectivity index (χ3n) is 2.73. The van der Waals surface area contributed by atoms with E-state index in [0.717, 1.165) is 6.07 Å². The first-order valence-electron chi connectivity index (χ1n) is 5.85. The van der Waals surface area contributed by atoms with Crippen molar-refractivity contribution in [2.75, 3.05) is 0 Å². The van der Waals surface area contributed by atoms with Gasteiger partial charge >= 0.3 is 0 Å². The van der Waals surface area contributed by atoms with Crippen LogP contribution < -0.4 is 10.5 Å². The molecule has 0 saturated heterocycles. The molecule has 0 aliphatic rings. The summed E-state index contributed by atoms with van der Waals surface area (Å²) in [6, 6.07) is 7.66. The second-order valence-electron chi connectivity index (χ2n) is 4.15. The maximum Gasteiger partial charge on any atom is 0.170 e. The predicted octanol–water partition coefficient (Wildman–Crippen LogP) is 3.29. The fraction of sp³-hybridized carbons (Fsp3) is 0.0714. The normalized spacial score (nSPS) is 11.5. The SMILES string of the molecule is N/C(=N/O)c1ccc(OCc2cc(F)ccc2Cl)c(F)c1. The Morgan fingerprint density at radius 3 is 2.67 bits per heavy atom. The van der Waals surface area contributed by atoms with Crippen LogP contribution in [0.5, 0.6) is 5.75 Å². The second kappa shape index (κ2) is 6.41. The van der Waals surface area contributed by atoms with E-state index in [4.69, 9.17) is 27.3 Å². The van der Waals surface area contributed by atoms with Gasteiger partial charge in [-0.2, -0.15) is 0 Å². The summed E-state index contributed by atoms with van der Waals surface area (Å²) < 4.78 is 32.2. The summed E-state index contributed by atoms with van der Waals surface area (Å²) in [5.41, 5.74) is 5.96. The zero-order chi connectivity index (χ0) is 15.4. The van der Waals surface area contributed by atoms with E-state index in [2.05, 4.69) is 5.16 Å². The molecule has 0 aromatic heterocycles. The van der Waals surface area contributed by atoms with Crippen LogP contribution >= 0.6 is 11.6 Å². The Morgan fingerprint density at radius 2 is 2.00 bits per heavy atom. The van der Waals surface area contributed by atoms with Gasteiger partial charge in [-0.15, -0.1) is 0 Å². The van der Waals surface area contributed by atoms with Gasteiger partial charge in [0.2, 0.25) is 0 Å². The van der Waals surface area contributed by atoms with Gasteiger partial charge in [-0.3, -0.25) is 0 Å². The van der Waals surface area contributed by atoms with Crippen molar-refractivity contribution < 1.29 is 18.7 Å². The highest BCUT2D eigenvalue weighted by molar-refractivity contribution is 6.31. The molecule has 0 radical (unpaired) electrons.